The van der Waals surface area contributed by atoms with E-state index in [1.807, 2.05) is 58.9 Å². The Morgan fingerprint density at radius 1 is 0.897 bits per heavy atom. The van der Waals surface area contributed by atoms with Gasteiger partial charge in [-0.15, -0.1) is 11.8 Å². The molecule has 17 heteroatoms. The molecular weight excluding hydrogens is 783 g/mol. The number of nitrogens with one attached hydrogen (secondary N) is 3. The number of carbonyl (C=O) groups is 3. The van der Waals surface area contributed by atoms with E-state index in [1.165, 1.54) is 24.3 Å². The predicted octanol–water partition coefficient (Wildman–Crippen LogP) is 6.55. The summed E-state index contributed by atoms with van der Waals surface area (Å²) in [6, 6.07) is 26.2. The Morgan fingerprint density at radius 3 is 2.22 bits per heavy atom. The fraction of sp³-hybridized carbons (Fsp3) is 0.341. The van der Waals surface area contributed by atoms with E-state index in [2.05, 4.69) is 10.6 Å². The molecule has 4 aromatic rings. The lowest BCUT2D eigenvalue weighted by molar-refractivity contribution is -0.384. The maximum absolute atomic E-state index is 13.3. The number of thioether (sulfide) groups is 1. The van der Waals surface area contributed by atoms with Crippen LogP contribution in [0.15, 0.2) is 107 Å². The summed E-state index contributed by atoms with van der Waals surface area (Å²) < 4.78 is 34.0. The summed E-state index contributed by atoms with van der Waals surface area (Å²) in [5.74, 6) is -0.455. The van der Waals surface area contributed by atoms with E-state index in [0.717, 1.165) is 23.2 Å². The van der Waals surface area contributed by atoms with Gasteiger partial charge in [0.15, 0.2) is 0 Å². The van der Waals surface area contributed by atoms with Gasteiger partial charge in [0.05, 0.1) is 9.82 Å². The van der Waals surface area contributed by atoms with Crippen LogP contribution < -0.4 is 20.3 Å². The molecule has 0 unspecified atom stereocenters. The number of sulfonamides is 1. The molecule has 1 atom stereocenters. The van der Waals surface area contributed by atoms with Gasteiger partial charge in [0.1, 0.15) is 11.3 Å². The Hall–Kier alpha value is -5.65. The molecule has 4 aromatic carbocycles. The van der Waals surface area contributed by atoms with Crippen molar-refractivity contribution in [1.29, 1.82) is 0 Å². The number of nitro benzene ring substituents is 1. The minimum absolute atomic E-state index is 0.0773. The van der Waals surface area contributed by atoms with Gasteiger partial charge in [0, 0.05) is 71.4 Å². The molecule has 0 saturated carbocycles. The molecule has 0 aliphatic carbocycles. The maximum Gasteiger partial charge on any atom is 0.412 e. The molecular formula is C41H49N7O8S2. The standard InChI is InChI=1S/C41H49N7O8S2/c1-41(2,3)56-40(51)43-31-11-9-10-30(26-31)39(50)47-24-22-46(23-25-47)33-16-14-29(15-17-33)38(49)44-58(54,55)35-18-19-36(37(27-35)48(52)53)42-32(20-21-45(4)5)28-57-34-12-7-6-8-13-34/h6-19,26-27,32,42H,20-25,28H2,1-5H3,(H,43,51)(H,44,49)/t32-/m1/s1. The first-order chi connectivity index (χ1) is 27.5. The minimum atomic E-state index is -4.48. The van der Waals surface area contributed by atoms with E-state index in [1.54, 1.807) is 73.8 Å². The van der Waals surface area contributed by atoms with Crippen molar-refractivity contribution in [2.75, 3.05) is 68.1 Å². The second-order valence-corrected chi connectivity index (χ2v) is 17.7. The number of amides is 3. The van der Waals surface area contributed by atoms with E-state index in [-0.39, 0.29) is 23.2 Å². The molecule has 0 aromatic heterocycles. The van der Waals surface area contributed by atoms with Crippen molar-refractivity contribution in [3.05, 3.63) is 118 Å². The Labute approximate surface area is 343 Å². The Morgan fingerprint density at radius 2 is 1.59 bits per heavy atom. The number of ether oxygens (including phenoxy) is 1. The van der Waals surface area contributed by atoms with Crippen molar-refractivity contribution in [3.8, 4) is 0 Å². The van der Waals surface area contributed by atoms with Crippen molar-refractivity contribution in [1.82, 2.24) is 14.5 Å². The van der Waals surface area contributed by atoms with Crippen LogP contribution in [0.25, 0.3) is 0 Å². The van der Waals surface area contributed by atoms with Gasteiger partial charge in [-0.25, -0.2) is 17.9 Å². The highest BCUT2D eigenvalue weighted by atomic mass is 32.2. The van der Waals surface area contributed by atoms with Gasteiger partial charge in [0.25, 0.3) is 27.5 Å². The van der Waals surface area contributed by atoms with E-state index in [4.69, 9.17) is 4.74 Å². The topological polar surface area (TPSA) is 184 Å². The van der Waals surface area contributed by atoms with Crippen molar-refractivity contribution in [3.63, 3.8) is 0 Å². The summed E-state index contributed by atoms with van der Waals surface area (Å²) in [5.41, 5.74) is 0.806. The zero-order valence-corrected chi connectivity index (χ0v) is 34.8. The van der Waals surface area contributed by atoms with Crippen LogP contribution in [0.2, 0.25) is 0 Å². The molecule has 15 nitrogen and oxygen atoms in total. The van der Waals surface area contributed by atoms with Crippen LogP contribution in [0.4, 0.5) is 27.5 Å². The number of hydrogen-bond donors (Lipinski definition) is 3. The van der Waals surface area contributed by atoms with Crippen LogP contribution in [0.3, 0.4) is 0 Å². The number of rotatable bonds is 15. The van der Waals surface area contributed by atoms with Crippen LogP contribution in [-0.2, 0) is 14.8 Å². The predicted molar refractivity (Wildman–Crippen MR) is 226 cm³/mol. The van der Waals surface area contributed by atoms with Crippen LogP contribution in [-0.4, -0.2) is 105 Å². The molecule has 3 N–H and O–H groups in total. The fourth-order valence-electron chi connectivity index (χ4n) is 6.06. The molecule has 1 heterocycles. The quantitative estimate of drug-likeness (QED) is 0.0669. The third-order valence-corrected chi connectivity index (χ3v) is 11.5. The van der Waals surface area contributed by atoms with Gasteiger partial charge in [-0.3, -0.25) is 25.0 Å². The van der Waals surface area contributed by atoms with Gasteiger partial charge in [-0.1, -0.05) is 24.3 Å². The highest BCUT2D eigenvalue weighted by molar-refractivity contribution is 7.99. The number of hydrogen-bond acceptors (Lipinski definition) is 12. The van der Waals surface area contributed by atoms with Crippen molar-refractivity contribution < 1.29 is 32.5 Å². The van der Waals surface area contributed by atoms with Crippen LogP contribution in [0, 0.1) is 10.1 Å². The first kappa shape index (κ1) is 43.5. The van der Waals surface area contributed by atoms with Gasteiger partial charge in [-0.05, 0) is 115 Å². The zero-order valence-electron chi connectivity index (χ0n) is 33.1. The molecule has 1 fully saturated rings. The van der Waals surface area contributed by atoms with E-state index in [0.29, 0.717) is 49.6 Å². The van der Waals surface area contributed by atoms with Crippen LogP contribution in [0.1, 0.15) is 47.9 Å². The lowest BCUT2D eigenvalue weighted by Gasteiger charge is -2.36. The third-order valence-electron chi connectivity index (χ3n) is 9.00. The van der Waals surface area contributed by atoms with Crippen LogP contribution in [0.5, 0.6) is 0 Å². The Balaban J connectivity index is 1.18. The number of nitro groups is 1. The molecule has 1 saturated heterocycles. The zero-order chi connectivity index (χ0) is 42.0. The van der Waals surface area contributed by atoms with Crippen LogP contribution >= 0.6 is 11.8 Å². The highest BCUT2D eigenvalue weighted by Gasteiger charge is 2.27. The summed E-state index contributed by atoms with van der Waals surface area (Å²) in [6.07, 6.45) is 0.0663. The van der Waals surface area contributed by atoms with Crippen molar-refractivity contribution >= 4 is 62.4 Å². The van der Waals surface area contributed by atoms with Gasteiger partial charge >= 0.3 is 6.09 Å². The first-order valence-electron chi connectivity index (χ1n) is 18.7. The smallest absolute Gasteiger partial charge is 0.412 e. The summed E-state index contributed by atoms with van der Waals surface area (Å²) >= 11 is 1.61. The first-order valence-corrected chi connectivity index (χ1v) is 21.1. The molecule has 1 aliphatic heterocycles. The molecule has 1 aliphatic rings. The third kappa shape index (κ3) is 12.4. The maximum atomic E-state index is 13.3. The van der Waals surface area contributed by atoms with Gasteiger partial charge < -0.3 is 24.8 Å². The van der Waals surface area contributed by atoms with E-state index in [9.17, 15) is 32.9 Å². The highest BCUT2D eigenvalue weighted by Crippen LogP contribution is 2.30. The number of carbonyl (C=O) groups excluding carboxylic acids is 3. The molecule has 308 valence electrons. The summed E-state index contributed by atoms with van der Waals surface area (Å²) in [6.45, 7) is 7.88. The molecule has 0 bridgehead atoms. The minimum Gasteiger partial charge on any atom is -0.444 e. The van der Waals surface area contributed by atoms with E-state index >= 15 is 0 Å². The second-order valence-electron chi connectivity index (χ2n) is 15.0. The lowest BCUT2D eigenvalue weighted by atomic mass is 10.1. The second kappa shape index (κ2) is 19.2. The van der Waals surface area contributed by atoms with Crippen molar-refractivity contribution in [2.24, 2.45) is 0 Å². The Kier molecular flexibility index (Phi) is 14.4. The summed E-state index contributed by atoms with van der Waals surface area (Å²) in [4.78, 5) is 56.6. The molecule has 58 heavy (non-hydrogen) atoms. The van der Waals surface area contributed by atoms with E-state index < -0.39 is 43.1 Å². The molecule has 0 radical (unpaired) electrons. The number of nitrogens with zero attached hydrogens (tertiary/aromatic N) is 4. The summed E-state index contributed by atoms with van der Waals surface area (Å²) in [7, 11) is -0.592. The normalized spacial score (nSPS) is 13.8. The van der Waals surface area contributed by atoms with Gasteiger partial charge in [0.2, 0.25) is 0 Å². The number of benzene rings is 4. The number of anilines is 3. The average Bonchev–Trinajstić information content (AvgIpc) is 3.18. The largest absolute Gasteiger partial charge is 0.444 e. The SMILES string of the molecule is CN(C)CC[C@H](CSc1ccccc1)Nc1ccc(S(=O)(=O)NC(=O)c2ccc(N3CCN(C(=O)c4cccc(NC(=O)OC(C)(C)C)c4)CC3)cc2)cc1[N+](=O)[O-]. The van der Waals surface area contributed by atoms with Crippen molar-refractivity contribution in [2.45, 2.75) is 48.6 Å². The molecule has 3 amide bonds. The Bertz CT molecular complexity index is 2190. The fourth-order valence-corrected chi connectivity index (χ4v) is 8.05. The average molecular weight is 832 g/mol. The lowest BCUT2D eigenvalue weighted by Crippen LogP contribution is -2.48. The monoisotopic (exact) mass is 831 g/mol. The molecule has 5 rings (SSSR count). The van der Waals surface area contributed by atoms with Gasteiger partial charge in [-0.2, -0.15) is 0 Å². The summed E-state index contributed by atoms with van der Waals surface area (Å²) in [5, 5.41) is 18.1. The molecule has 0 spiro atoms. The number of piperazine rings is 1.